The molecule has 110 valence electrons. The van der Waals surface area contributed by atoms with Gasteiger partial charge in [0.1, 0.15) is 15.6 Å². The van der Waals surface area contributed by atoms with Crippen LogP contribution in [-0.4, -0.2) is 38.4 Å². The molecule has 1 unspecified atom stereocenters. The van der Waals surface area contributed by atoms with Crippen LogP contribution >= 0.6 is 0 Å². The highest BCUT2D eigenvalue weighted by Crippen LogP contribution is 2.28. The lowest BCUT2D eigenvalue weighted by Crippen LogP contribution is -2.37. The fourth-order valence-corrected chi connectivity index (χ4v) is 2.94. The maximum atomic E-state index is 12.0. The molecule has 0 spiro atoms. The average molecular weight is 297 g/mol. The molecule has 0 saturated carbocycles. The first-order valence-electron chi connectivity index (χ1n) is 6.74. The number of hydrogen-bond acceptors (Lipinski definition) is 5. The lowest BCUT2D eigenvalue weighted by atomic mass is 10.1. The summed E-state index contributed by atoms with van der Waals surface area (Å²) < 4.78 is 28.4. The molecule has 0 fully saturated rings. The number of para-hydroxylation sites is 2. The SMILES string of the molecule is CCS(=O)(=O)CCCC(=O)C1CNc2ccccc2O1. The molecule has 0 bridgehead atoms. The molecule has 6 heteroatoms. The Bertz CT molecular complexity index is 583. The second-order valence-electron chi connectivity index (χ2n) is 4.79. The standard InChI is InChI=1S/C14H19NO4S/c1-2-20(17,18)9-5-7-12(16)14-10-15-11-6-3-4-8-13(11)19-14/h3-4,6,8,14-15H,2,5,7,9-10H2,1H3. The van der Waals surface area contributed by atoms with Crippen molar-refractivity contribution in [3.8, 4) is 5.75 Å². The Morgan fingerprint density at radius 2 is 2.15 bits per heavy atom. The number of rotatable bonds is 6. The van der Waals surface area contributed by atoms with Crippen LogP contribution in [0, 0.1) is 0 Å². The van der Waals surface area contributed by atoms with Gasteiger partial charge in [-0.25, -0.2) is 8.42 Å². The predicted octanol–water partition coefficient (Wildman–Crippen LogP) is 1.64. The maximum absolute atomic E-state index is 12.0. The van der Waals surface area contributed by atoms with Gasteiger partial charge in [-0.15, -0.1) is 0 Å². The van der Waals surface area contributed by atoms with E-state index in [9.17, 15) is 13.2 Å². The molecule has 0 amide bonds. The Kier molecular flexibility index (Phi) is 4.65. The molecule has 1 atom stereocenters. The first kappa shape index (κ1) is 14.8. The van der Waals surface area contributed by atoms with Gasteiger partial charge in [-0.05, 0) is 18.6 Å². The van der Waals surface area contributed by atoms with Gasteiger partial charge in [0.25, 0.3) is 0 Å². The van der Waals surface area contributed by atoms with Crippen molar-refractivity contribution in [1.29, 1.82) is 0 Å². The van der Waals surface area contributed by atoms with E-state index >= 15 is 0 Å². The molecule has 1 aromatic carbocycles. The number of anilines is 1. The third kappa shape index (κ3) is 3.72. The van der Waals surface area contributed by atoms with Gasteiger partial charge >= 0.3 is 0 Å². The lowest BCUT2D eigenvalue weighted by molar-refractivity contribution is -0.125. The van der Waals surface area contributed by atoms with Gasteiger partial charge in [0.05, 0.1) is 18.0 Å². The number of hydrogen-bond donors (Lipinski definition) is 1. The molecule has 5 nitrogen and oxygen atoms in total. The van der Waals surface area contributed by atoms with Gasteiger partial charge in [0.2, 0.25) is 0 Å². The number of nitrogens with one attached hydrogen (secondary N) is 1. The largest absolute Gasteiger partial charge is 0.479 e. The molecule has 0 saturated heterocycles. The van der Waals surface area contributed by atoms with Gasteiger partial charge in [-0.3, -0.25) is 4.79 Å². The molecular weight excluding hydrogens is 278 g/mol. The van der Waals surface area contributed by atoms with Gasteiger partial charge in [-0.2, -0.15) is 0 Å². The van der Waals surface area contributed by atoms with E-state index < -0.39 is 15.9 Å². The van der Waals surface area contributed by atoms with Crippen LogP contribution in [0.2, 0.25) is 0 Å². The number of fused-ring (bicyclic) bond motifs is 1. The summed E-state index contributed by atoms with van der Waals surface area (Å²) in [6, 6.07) is 7.45. The first-order valence-corrected chi connectivity index (χ1v) is 8.56. The van der Waals surface area contributed by atoms with Crippen molar-refractivity contribution in [3.63, 3.8) is 0 Å². The topological polar surface area (TPSA) is 72.5 Å². The minimum atomic E-state index is -3.00. The summed E-state index contributed by atoms with van der Waals surface area (Å²) in [6.45, 7) is 2.04. The van der Waals surface area contributed by atoms with Gasteiger partial charge in [-0.1, -0.05) is 19.1 Å². The quantitative estimate of drug-likeness (QED) is 0.864. The summed E-state index contributed by atoms with van der Waals surface area (Å²) in [5.74, 6) is 0.791. The van der Waals surface area contributed by atoms with E-state index in [4.69, 9.17) is 4.74 Å². The van der Waals surface area contributed by atoms with E-state index in [1.165, 1.54) is 0 Å². The Hall–Kier alpha value is -1.56. The first-order chi connectivity index (χ1) is 9.52. The number of carbonyl (C=O) groups excluding carboxylic acids is 1. The highest BCUT2D eigenvalue weighted by molar-refractivity contribution is 7.91. The van der Waals surface area contributed by atoms with Gasteiger partial charge < -0.3 is 10.1 Å². The summed E-state index contributed by atoms with van der Waals surface area (Å²) in [6.07, 6.45) is 0.0544. The summed E-state index contributed by atoms with van der Waals surface area (Å²) in [4.78, 5) is 12.0. The van der Waals surface area contributed by atoms with E-state index in [-0.39, 0.29) is 23.7 Å². The summed E-state index contributed by atoms with van der Waals surface area (Å²) >= 11 is 0. The van der Waals surface area contributed by atoms with Crippen molar-refractivity contribution in [2.45, 2.75) is 25.9 Å². The van der Waals surface area contributed by atoms with Crippen LogP contribution < -0.4 is 10.1 Å². The Labute approximate surface area is 119 Å². The molecule has 1 aliphatic heterocycles. The molecule has 0 aromatic heterocycles. The monoisotopic (exact) mass is 297 g/mol. The highest BCUT2D eigenvalue weighted by Gasteiger charge is 2.25. The molecular formula is C14H19NO4S. The molecule has 0 aliphatic carbocycles. The van der Waals surface area contributed by atoms with Crippen LogP contribution in [0.5, 0.6) is 5.75 Å². The smallest absolute Gasteiger partial charge is 0.175 e. The van der Waals surface area contributed by atoms with Crippen LogP contribution in [0.4, 0.5) is 5.69 Å². The summed E-state index contributed by atoms with van der Waals surface area (Å²) in [5, 5.41) is 3.15. The van der Waals surface area contributed by atoms with Crippen LogP contribution in [0.15, 0.2) is 24.3 Å². The van der Waals surface area contributed by atoms with Crippen molar-refractivity contribution in [2.75, 3.05) is 23.4 Å². The number of ether oxygens (including phenoxy) is 1. The molecule has 20 heavy (non-hydrogen) atoms. The minimum absolute atomic E-state index is 0.0571. The summed E-state index contributed by atoms with van der Waals surface area (Å²) in [5.41, 5.74) is 0.880. The van der Waals surface area contributed by atoms with Gasteiger partial charge in [0, 0.05) is 12.2 Å². The highest BCUT2D eigenvalue weighted by atomic mass is 32.2. The van der Waals surface area contributed by atoms with Crippen molar-refractivity contribution < 1.29 is 17.9 Å². The Balaban J connectivity index is 1.86. The van der Waals surface area contributed by atoms with E-state index in [2.05, 4.69) is 5.32 Å². The molecule has 1 aliphatic rings. The normalized spacial score (nSPS) is 17.8. The lowest BCUT2D eigenvalue weighted by Gasteiger charge is -2.26. The van der Waals surface area contributed by atoms with E-state index in [1.807, 2.05) is 24.3 Å². The maximum Gasteiger partial charge on any atom is 0.175 e. The van der Waals surface area contributed by atoms with Gasteiger partial charge in [0.15, 0.2) is 11.9 Å². The van der Waals surface area contributed by atoms with E-state index in [1.54, 1.807) is 6.92 Å². The number of carbonyl (C=O) groups is 1. The molecule has 2 rings (SSSR count). The second-order valence-corrected chi connectivity index (χ2v) is 7.26. The van der Waals surface area contributed by atoms with Crippen LogP contribution in [0.3, 0.4) is 0 Å². The van der Waals surface area contributed by atoms with Crippen LogP contribution in [0.25, 0.3) is 0 Å². The average Bonchev–Trinajstić information content (AvgIpc) is 2.46. The Morgan fingerprint density at radius 3 is 2.90 bits per heavy atom. The Morgan fingerprint density at radius 1 is 1.40 bits per heavy atom. The minimum Gasteiger partial charge on any atom is -0.479 e. The van der Waals surface area contributed by atoms with Crippen molar-refractivity contribution >= 4 is 21.3 Å². The molecule has 1 aromatic rings. The second kappa shape index (κ2) is 6.26. The molecule has 1 N–H and O–H groups in total. The number of Topliss-reactive ketones (excluding diaryl/α,β-unsaturated/α-hetero) is 1. The van der Waals surface area contributed by atoms with E-state index in [0.717, 1.165) is 5.69 Å². The number of benzene rings is 1. The molecule has 0 radical (unpaired) electrons. The zero-order chi connectivity index (χ0) is 14.6. The zero-order valence-corrected chi connectivity index (χ0v) is 12.3. The summed E-state index contributed by atoms with van der Waals surface area (Å²) in [7, 11) is -3.00. The third-order valence-electron chi connectivity index (χ3n) is 3.31. The zero-order valence-electron chi connectivity index (χ0n) is 11.5. The fourth-order valence-electron chi connectivity index (χ4n) is 2.06. The van der Waals surface area contributed by atoms with Crippen LogP contribution in [0.1, 0.15) is 19.8 Å². The predicted molar refractivity (Wildman–Crippen MR) is 77.9 cm³/mol. The molecule has 1 heterocycles. The van der Waals surface area contributed by atoms with Crippen LogP contribution in [-0.2, 0) is 14.6 Å². The van der Waals surface area contributed by atoms with Crippen molar-refractivity contribution in [1.82, 2.24) is 0 Å². The fraction of sp³-hybridized carbons (Fsp3) is 0.500. The third-order valence-corrected chi connectivity index (χ3v) is 5.10. The van der Waals surface area contributed by atoms with E-state index in [0.29, 0.717) is 18.7 Å². The van der Waals surface area contributed by atoms with Crippen molar-refractivity contribution in [3.05, 3.63) is 24.3 Å². The number of sulfone groups is 1. The number of ketones is 1. The van der Waals surface area contributed by atoms with Crippen molar-refractivity contribution in [2.24, 2.45) is 0 Å².